The molecule has 5 rings (SSSR count). The molecule has 0 saturated heterocycles. The summed E-state index contributed by atoms with van der Waals surface area (Å²) in [6.07, 6.45) is 5.38. The van der Waals surface area contributed by atoms with Crippen LogP contribution < -0.4 is 4.90 Å². The number of nitrogens with zero attached hydrogens (tertiary/aromatic N) is 3. The normalized spacial score (nSPS) is 13.7. The molecule has 3 heterocycles. The van der Waals surface area contributed by atoms with Crippen molar-refractivity contribution in [3.8, 4) is 22.5 Å². The topological polar surface area (TPSA) is 86.2 Å². The van der Waals surface area contributed by atoms with Crippen molar-refractivity contribution in [2.45, 2.75) is 55.2 Å². The third-order valence-corrected chi connectivity index (χ3v) is 9.04. The van der Waals surface area contributed by atoms with Crippen molar-refractivity contribution in [1.82, 2.24) is 9.97 Å². The van der Waals surface area contributed by atoms with Gasteiger partial charge < -0.3 is 9.45 Å². The van der Waals surface area contributed by atoms with Gasteiger partial charge in [-0.3, -0.25) is 9.97 Å². The molecule has 0 radical (unpaired) electrons. The summed E-state index contributed by atoms with van der Waals surface area (Å²) in [4.78, 5) is 12.7. The van der Waals surface area contributed by atoms with E-state index in [2.05, 4.69) is 29.9 Å². The fraction of sp³-hybridized carbons (Fsp3) is 0.241. The lowest BCUT2D eigenvalue weighted by molar-refractivity contribution is 0.445. The van der Waals surface area contributed by atoms with Gasteiger partial charge in [0.15, 0.2) is 0 Å². The van der Waals surface area contributed by atoms with Crippen LogP contribution in [0.3, 0.4) is 0 Å². The van der Waals surface area contributed by atoms with E-state index >= 15 is 0 Å². The van der Waals surface area contributed by atoms with Gasteiger partial charge in [-0.2, -0.15) is 0 Å². The first-order chi connectivity index (χ1) is 17.9. The second-order valence-corrected chi connectivity index (χ2v) is 11.5. The van der Waals surface area contributed by atoms with Crippen LogP contribution in [0.15, 0.2) is 82.8 Å². The highest BCUT2D eigenvalue weighted by Crippen LogP contribution is 2.51. The average Bonchev–Trinajstić information content (AvgIpc) is 2.91. The molecule has 37 heavy (non-hydrogen) atoms. The van der Waals surface area contributed by atoms with Crippen LogP contribution in [0.2, 0.25) is 0 Å². The highest BCUT2D eigenvalue weighted by atomic mass is 32.2. The van der Waals surface area contributed by atoms with Crippen molar-refractivity contribution in [3.05, 3.63) is 84.2 Å². The standard InChI is InChI=1S/C29H29N3O3S2/c1-4-19-9-7-15-30-28(19)21-12-14-25-24(17-21)32(27(6-3)37(33,34)35)23-13-11-22(18-26(23)36-25)29-20(5-2)10-8-16-31-29/h7-18,27H,4-6H2,1-3H3,(H,33,34,35)/p-1. The highest BCUT2D eigenvalue weighted by Gasteiger charge is 2.32. The quantitative estimate of drug-likeness (QED) is 0.242. The molecule has 0 spiro atoms. The van der Waals surface area contributed by atoms with E-state index in [1.54, 1.807) is 36.0 Å². The van der Waals surface area contributed by atoms with E-state index in [1.165, 1.54) is 0 Å². The number of hydrogen-bond donors (Lipinski definition) is 0. The Kier molecular flexibility index (Phi) is 7.07. The number of aryl methyl sites for hydroxylation is 2. The van der Waals surface area contributed by atoms with Crippen molar-refractivity contribution in [2.75, 3.05) is 4.90 Å². The molecule has 1 unspecified atom stereocenters. The van der Waals surface area contributed by atoms with Crippen LogP contribution in [0.5, 0.6) is 0 Å². The average molecular weight is 531 g/mol. The third kappa shape index (κ3) is 4.77. The first-order valence-electron chi connectivity index (χ1n) is 12.4. The van der Waals surface area contributed by atoms with E-state index in [4.69, 9.17) is 0 Å². The van der Waals surface area contributed by atoms with Crippen LogP contribution >= 0.6 is 11.8 Å². The van der Waals surface area contributed by atoms with E-state index in [0.29, 0.717) is 11.4 Å². The van der Waals surface area contributed by atoms with Gasteiger partial charge in [-0.05, 0) is 66.8 Å². The van der Waals surface area contributed by atoms with E-state index < -0.39 is 15.5 Å². The summed E-state index contributed by atoms with van der Waals surface area (Å²) in [7, 11) is -4.62. The van der Waals surface area contributed by atoms with Crippen LogP contribution in [0, 0.1) is 0 Å². The van der Waals surface area contributed by atoms with Gasteiger partial charge in [-0.15, -0.1) is 0 Å². The number of rotatable bonds is 7. The van der Waals surface area contributed by atoms with Gasteiger partial charge in [0.05, 0.1) is 22.8 Å². The summed E-state index contributed by atoms with van der Waals surface area (Å²) >= 11 is 1.57. The van der Waals surface area contributed by atoms with Gasteiger partial charge in [-0.1, -0.05) is 56.8 Å². The molecule has 0 N–H and O–H groups in total. The minimum absolute atomic E-state index is 0.158. The number of pyridine rings is 2. The summed E-state index contributed by atoms with van der Waals surface area (Å²) in [6, 6.07) is 19.8. The second-order valence-electron chi connectivity index (χ2n) is 8.92. The van der Waals surface area contributed by atoms with Gasteiger partial charge in [0.1, 0.15) is 15.5 Å². The third-order valence-electron chi connectivity index (χ3n) is 6.72. The van der Waals surface area contributed by atoms with Crippen molar-refractivity contribution in [2.24, 2.45) is 0 Å². The number of aromatic nitrogens is 2. The molecule has 8 heteroatoms. The molecular formula is C29H28N3O3S2-. The molecule has 6 nitrogen and oxygen atoms in total. The summed E-state index contributed by atoms with van der Waals surface area (Å²) in [6.45, 7) is 5.91. The smallest absolute Gasteiger partial charge is 0.124 e. The maximum atomic E-state index is 12.5. The van der Waals surface area contributed by atoms with Crippen LogP contribution in [0.25, 0.3) is 22.5 Å². The fourth-order valence-electron chi connectivity index (χ4n) is 4.92. The molecule has 0 bridgehead atoms. The van der Waals surface area contributed by atoms with Crippen LogP contribution in [-0.4, -0.2) is 28.3 Å². The molecule has 190 valence electrons. The zero-order chi connectivity index (χ0) is 26.2. The summed E-state index contributed by atoms with van der Waals surface area (Å²) in [5.41, 5.74) is 7.27. The Hall–Kier alpha value is -3.20. The summed E-state index contributed by atoms with van der Waals surface area (Å²) in [5, 5.41) is -1.23. The number of fused-ring (bicyclic) bond motifs is 2. The molecule has 2 aromatic carbocycles. The minimum atomic E-state index is -4.62. The van der Waals surface area contributed by atoms with Crippen LogP contribution in [-0.2, 0) is 23.0 Å². The Morgan fingerprint density at radius 1 is 0.811 bits per heavy atom. The van der Waals surface area contributed by atoms with Crippen molar-refractivity contribution in [1.29, 1.82) is 0 Å². The van der Waals surface area contributed by atoms with E-state index in [1.807, 2.05) is 54.6 Å². The highest BCUT2D eigenvalue weighted by molar-refractivity contribution is 7.99. The van der Waals surface area contributed by atoms with Gasteiger partial charge in [-0.25, -0.2) is 8.42 Å². The molecule has 4 aromatic rings. The molecular weight excluding hydrogens is 502 g/mol. The van der Waals surface area contributed by atoms with Crippen LogP contribution in [0.1, 0.15) is 38.3 Å². The van der Waals surface area contributed by atoms with Crippen molar-refractivity contribution in [3.63, 3.8) is 0 Å². The van der Waals surface area contributed by atoms with Crippen molar-refractivity contribution >= 4 is 33.3 Å². The lowest BCUT2D eigenvalue weighted by Gasteiger charge is -2.39. The summed E-state index contributed by atoms with van der Waals surface area (Å²) in [5.74, 6) is 0. The van der Waals surface area contributed by atoms with Gasteiger partial charge in [0.2, 0.25) is 0 Å². The lowest BCUT2D eigenvalue weighted by Crippen LogP contribution is -2.39. The SMILES string of the molecule is CCc1cccnc1-c1ccc2c(c1)Sc1ccc(-c3ncccc3CC)cc1N2C(CC)S(=O)(=O)[O-]. The first kappa shape index (κ1) is 25.4. The Bertz CT molecular complexity index is 1570. The minimum Gasteiger partial charge on any atom is -0.746 e. The Labute approximate surface area is 222 Å². The molecule has 2 aromatic heterocycles. The maximum Gasteiger partial charge on any atom is 0.124 e. The van der Waals surface area contributed by atoms with Crippen LogP contribution in [0.4, 0.5) is 11.4 Å². The van der Waals surface area contributed by atoms with Gasteiger partial charge in [0, 0.05) is 33.3 Å². The molecule has 1 atom stereocenters. The van der Waals surface area contributed by atoms with Gasteiger partial charge >= 0.3 is 0 Å². The van der Waals surface area contributed by atoms with E-state index in [9.17, 15) is 13.0 Å². The molecule has 0 saturated carbocycles. The predicted molar refractivity (Wildman–Crippen MR) is 148 cm³/mol. The van der Waals surface area contributed by atoms with E-state index in [0.717, 1.165) is 56.3 Å². The number of benzene rings is 2. The molecule has 0 fully saturated rings. The van der Waals surface area contributed by atoms with Gasteiger partial charge in [0.25, 0.3) is 0 Å². The maximum absolute atomic E-state index is 12.5. The fourth-order valence-corrected chi connectivity index (χ4v) is 6.91. The monoisotopic (exact) mass is 530 g/mol. The zero-order valence-corrected chi connectivity index (χ0v) is 22.6. The largest absolute Gasteiger partial charge is 0.746 e. The number of hydrogen-bond acceptors (Lipinski definition) is 7. The zero-order valence-electron chi connectivity index (χ0n) is 21.0. The first-order valence-corrected chi connectivity index (χ1v) is 14.7. The Morgan fingerprint density at radius 3 is 1.97 bits per heavy atom. The number of anilines is 2. The lowest BCUT2D eigenvalue weighted by atomic mass is 10.0. The molecule has 0 aliphatic carbocycles. The molecule has 1 aliphatic heterocycles. The van der Waals surface area contributed by atoms with E-state index in [-0.39, 0.29) is 6.42 Å². The van der Waals surface area contributed by atoms with Crippen molar-refractivity contribution < 1.29 is 13.0 Å². The second kappa shape index (κ2) is 10.3. The predicted octanol–water partition coefficient (Wildman–Crippen LogP) is 6.82. The Balaban J connectivity index is 1.69. The molecule has 0 amide bonds. The Morgan fingerprint density at radius 2 is 1.41 bits per heavy atom. The summed E-state index contributed by atoms with van der Waals surface area (Å²) < 4.78 is 37.4. The molecule has 1 aliphatic rings.